The number of imidazole rings is 1. The first-order valence-corrected chi connectivity index (χ1v) is 8.57. The average Bonchev–Trinajstić information content (AvgIpc) is 2.88. The highest BCUT2D eigenvalue weighted by Gasteiger charge is 2.22. The van der Waals surface area contributed by atoms with E-state index in [1.165, 1.54) is 33.4 Å². The minimum atomic E-state index is 0.648. The molecule has 0 unspecified atom stereocenters. The van der Waals surface area contributed by atoms with Crippen molar-refractivity contribution in [1.29, 1.82) is 0 Å². The van der Waals surface area contributed by atoms with Gasteiger partial charge in [0.25, 0.3) is 6.33 Å². The van der Waals surface area contributed by atoms with Crippen LogP contribution < -0.4 is 4.57 Å². The van der Waals surface area contributed by atoms with E-state index < -0.39 is 0 Å². The van der Waals surface area contributed by atoms with Gasteiger partial charge in [-0.25, -0.2) is 4.57 Å². The molecule has 0 aliphatic rings. The second kappa shape index (κ2) is 6.32. The molecule has 128 valence electrons. The SMILES string of the molecule is Cc1cc(C)c(-n2c[n+](-c3c(C)cc(C)cc3C)cc2C=O)c(C)c1. The van der Waals surface area contributed by atoms with Crippen LogP contribution in [-0.4, -0.2) is 10.9 Å². The summed E-state index contributed by atoms with van der Waals surface area (Å²) in [5.74, 6) is 0. The van der Waals surface area contributed by atoms with Crippen LogP contribution in [-0.2, 0) is 0 Å². The van der Waals surface area contributed by atoms with E-state index >= 15 is 0 Å². The molecule has 0 N–H and O–H groups in total. The molecule has 0 aliphatic heterocycles. The number of aldehydes is 1. The lowest BCUT2D eigenvalue weighted by molar-refractivity contribution is -0.595. The minimum Gasteiger partial charge on any atom is -0.294 e. The van der Waals surface area contributed by atoms with Gasteiger partial charge in [-0.15, -0.1) is 0 Å². The zero-order valence-electron chi connectivity index (χ0n) is 15.8. The topological polar surface area (TPSA) is 25.9 Å². The molecule has 3 rings (SSSR count). The van der Waals surface area contributed by atoms with Crippen molar-refractivity contribution in [2.45, 2.75) is 41.5 Å². The standard InChI is InChI=1S/C22H25N2O/c1-14-7-16(3)21(17(4)8-14)23-11-20(12-25)24(13-23)22-18(5)9-15(2)10-19(22)6/h7-13H,1-6H3/q+1. The molecule has 0 fully saturated rings. The molecule has 0 saturated carbocycles. The maximum Gasteiger partial charge on any atom is 0.254 e. The minimum absolute atomic E-state index is 0.648. The van der Waals surface area contributed by atoms with Crippen molar-refractivity contribution in [3.05, 3.63) is 75.9 Å². The number of benzene rings is 2. The van der Waals surface area contributed by atoms with Crippen LogP contribution in [0.3, 0.4) is 0 Å². The summed E-state index contributed by atoms with van der Waals surface area (Å²) in [7, 11) is 0. The Labute approximate surface area is 149 Å². The summed E-state index contributed by atoms with van der Waals surface area (Å²) in [6.45, 7) is 12.6. The summed E-state index contributed by atoms with van der Waals surface area (Å²) in [5.41, 5.74) is 10.1. The maximum absolute atomic E-state index is 11.7. The molecule has 1 heterocycles. The fraction of sp³-hybridized carbons (Fsp3) is 0.273. The first kappa shape index (κ1) is 17.2. The first-order valence-electron chi connectivity index (χ1n) is 8.57. The predicted molar refractivity (Wildman–Crippen MR) is 101 cm³/mol. The fourth-order valence-electron chi connectivity index (χ4n) is 3.96. The van der Waals surface area contributed by atoms with E-state index in [2.05, 4.69) is 70.4 Å². The van der Waals surface area contributed by atoms with Crippen molar-refractivity contribution in [3.8, 4) is 11.4 Å². The van der Waals surface area contributed by atoms with Crippen LogP contribution in [0.15, 0.2) is 36.8 Å². The molecule has 0 spiro atoms. The van der Waals surface area contributed by atoms with Crippen molar-refractivity contribution in [1.82, 2.24) is 4.57 Å². The largest absolute Gasteiger partial charge is 0.294 e. The second-order valence-corrected chi connectivity index (χ2v) is 7.06. The van der Waals surface area contributed by atoms with Crippen LogP contribution in [0.2, 0.25) is 0 Å². The van der Waals surface area contributed by atoms with Gasteiger partial charge in [0.2, 0.25) is 5.69 Å². The summed E-state index contributed by atoms with van der Waals surface area (Å²) >= 11 is 0. The Hall–Kier alpha value is -2.68. The van der Waals surface area contributed by atoms with Gasteiger partial charge in [-0.3, -0.25) is 4.79 Å². The molecule has 0 atom stereocenters. The lowest BCUT2D eigenvalue weighted by Crippen LogP contribution is -2.30. The highest BCUT2D eigenvalue weighted by molar-refractivity contribution is 5.73. The quantitative estimate of drug-likeness (QED) is 0.515. The van der Waals surface area contributed by atoms with Crippen LogP contribution in [0.1, 0.15) is 43.9 Å². The highest BCUT2D eigenvalue weighted by atomic mass is 16.1. The Balaban J connectivity index is 2.25. The Morgan fingerprint density at radius 2 is 1.28 bits per heavy atom. The van der Waals surface area contributed by atoms with E-state index in [-0.39, 0.29) is 0 Å². The molecule has 0 radical (unpaired) electrons. The summed E-state index contributed by atoms with van der Waals surface area (Å²) in [6, 6.07) is 8.67. The summed E-state index contributed by atoms with van der Waals surface area (Å²) in [5, 5.41) is 0. The average molecular weight is 333 g/mol. The summed E-state index contributed by atoms with van der Waals surface area (Å²) < 4.78 is 4.06. The van der Waals surface area contributed by atoms with Crippen molar-refractivity contribution < 1.29 is 9.36 Å². The molecule has 0 aliphatic carbocycles. The first-order chi connectivity index (χ1) is 11.8. The molecule has 0 amide bonds. The molecule has 25 heavy (non-hydrogen) atoms. The number of aryl methyl sites for hydroxylation is 6. The zero-order chi connectivity index (χ0) is 18.3. The number of carbonyl (C=O) groups is 1. The van der Waals surface area contributed by atoms with Gasteiger partial charge in [-0.1, -0.05) is 35.4 Å². The smallest absolute Gasteiger partial charge is 0.254 e. The van der Waals surface area contributed by atoms with E-state index in [0.29, 0.717) is 5.69 Å². The van der Waals surface area contributed by atoms with E-state index in [0.717, 1.165) is 17.7 Å². The monoisotopic (exact) mass is 333 g/mol. The van der Waals surface area contributed by atoms with Gasteiger partial charge in [0.1, 0.15) is 17.6 Å². The van der Waals surface area contributed by atoms with Crippen molar-refractivity contribution in [2.75, 3.05) is 0 Å². The van der Waals surface area contributed by atoms with E-state index in [1.54, 1.807) is 0 Å². The van der Waals surface area contributed by atoms with Gasteiger partial charge >= 0.3 is 0 Å². The normalized spacial score (nSPS) is 11.0. The van der Waals surface area contributed by atoms with Crippen LogP contribution >= 0.6 is 0 Å². The Morgan fingerprint density at radius 1 is 0.800 bits per heavy atom. The second-order valence-electron chi connectivity index (χ2n) is 7.06. The summed E-state index contributed by atoms with van der Waals surface area (Å²) in [4.78, 5) is 11.7. The van der Waals surface area contributed by atoms with Gasteiger partial charge in [0.05, 0.1) is 0 Å². The maximum atomic E-state index is 11.7. The van der Waals surface area contributed by atoms with Gasteiger partial charge in [0.15, 0.2) is 6.29 Å². The van der Waals surface area contributed by atoms with Gasteiger partial charge < -0.3 is 0 Å². The van der Waals surface area contributed by atoms with Gasteiger partial charge in [0, 0.05) is 0 Å². The number of nitrogens with zero attached hydrogens (tertiary/aromatic N) is 2. The number of hydrogen-bond donors (Lipinski definition) is 0. The lowest BCUT2D eigenvalue weighted by atomic mass is 10.0. The van der Waals surface area contributed by atoms with Gasteiger partial charge in [-0.05, 0) is 63.8 Å². The number of rotatable bonds is 3. The molecule has 3 nitrogen and oxygen atoms in total. The predicted octanol–water partition coefficient (Wildman–Crippen LogP) is 4.42. The molecular weight excluding hydrogens is 308 g/mol. The van der Waals surface area contributed by atoms with Crippen molar-refractivity contribution >= 4 is 6.29 Å². The molecule has 2 aromatic carbocycles. The third-order valence-corrected chi connectivity index (χ3v) is 4.68. The number of hydrogen-bond acceptors (Lipinski definition) is 1. The molecule has 0 bridgehead atoms. The van der Waals surface area contributed by atoms with Crippen LogP contribution in [0.25, 0.3) is 11.4 Å². The Bertz CT molecular complexity index is 934. The third kappa shape index (κ3) is 3.02. The lowest BCUT2D eigenvalue weighted by Gasteiger charge is -2.09. The Kier molecular flexibility index (Phi) is 4.34. The molecule has 3 heteroatoms. The molecular formula is C22H25N2O+. The van der Waals surface area contributed by atoms with Gasteiger partial charge in [-0.2, -0.15) is 4.57 Å². The van der Waals surface area contributed by atoms with E-state index in [9.17, 15) is 4.79 Å². The van der Waals surface area contributed by atoms with Crippen molar-refractivity contribution in [2.24, 2.45) is 0 Å². The molecule has 1 aromatic heterocycles. The number of aromatic nitrogens is 2. The third-order valence-electron chi connectivity index (χ3n) is 4.68. The fourth-order valence-corrected chi connectivity index (χ4v) is 3.96. The number of carbonyl (C=O) groups excluding carboxylic acids is 1. The van der Waals surface area contributed by atoms with Crippen LogP contribution in [0.4, 0.5) is 0 Å². The summed E-state index contributed by atoms with van der Waals surface area (Å²) in [6.07, 6.45) is 4.85. The zero-order valence-corrected chi connectivity index (χ0v) is 15.8. The highest BCUT2D eigenvalue weighted by Crippen LogP contribution is 2.23. The van der Waals surface area contributed by atoms with Crippen LogP contribution in [0.5, 0.6) is 0 Å². The molecule has 0 saturated heterocycles. The van der Waals surface area contributed by atoms with Crippen molar-refractivity contribution in [3.63, 3.8) is 0 Å². The van der Waals surface area contributed by atoms with Crippen LogP contribution in [0, 0.1) is 41.5 Å². The molecule has 3 aromatic rings. The van der Waals surface area contributed by atoms with E-state index in [4.69, 9.17) is 0 Å². The van der Waals surface area contributed by atoms with E-state index in [1.807, 2.05) is 17.1 Å². The Morgan fingerprint density at radius 3 is 1.76 bits per heavy atom.